The molecule has 1 amide bonds. The molecule has 0 bridgehead atoms. The topological polar surface area (TPSA) is 55.4 Å². The zero-order valence-corrected chi connectivity index (χ0v) is 11.7. The van der Waals surface area contributed by atoms with Crippen LogP contribution < -0.4 is 5.32 Å². The standard InChI is InChI=1S/C13H25NO3/c1-8(2)10(5)14-13(16)11(9(3)4)7-12(15)17-6/h8-11H,7H2,1-6H3,(H,14,16)/t10-,11-/m0/s1. The predicted molar refractivity (Wildman–Crippen MR) is 67.4 cm³/mol. The first-order valence-electron chi connectivity index (χ1n) is 6.16. The van der Waals surface area contributed by atoms with Crippen molar-refractivity contribution in [3.8, 4) is 0 Å². The van der Waals surface area contributed by atoms with E-state index in [0.717, 1.165) is 0 Å². The van der Waals surface area contributed by atoms with E-state index in [1.54, 1.807) is 0 Å². The van der Waals surface area contributed by atoms with Crippen molar-refractivity contribution in [2.75, 3.05) is 7.11 Å². The summed E-state index contributed by atoms with van der Waals surface area (Å²) < 4.78 is 4.61. The maximum atomic E-state index is 12.0. The van der Waals surface area contributed by atoms with Gasteiger partial charge in [-0.25, -0.2) is 0 Å². The first kappa shape index (κ1) is 15.9. The third kappa shape index (κ3) is 5.71. The molecule has 0 aromatic rings. The molecule has 17 heavy (non-hydrogen) atoms. The van der Waals surface area contributed by atoms with Crippen molar-refractivity contribution in [3.05, 3.63) is 0 Å². The highest BCUT2D eigenvalue weighted by Crippen LogP contribution is 2.17. The number of hydrogen-bond acceptors (Lipinski definition) is 3. The van der Waals surface area contributed by atoms with Gasteiger partial charge in [-0.1, -0.05) is 27.7 Å². The van der Waals surface area contributed by atoms with Gasteiger partial charge in [-0.2, -0.15) is 0 Å². The van der Waals surface area contributed by atoms with Gasteiger partial charge in [-0.05, 0) is 18.8 Å². The highest BCUT2D eigenvalue weighted by Gasteiger charge is 2.26. The molecule has 0 saturated carbocycles. The van der Waals surface area contributed by atoms with Gasteiger partial charge in [-0.15, -0.1) is 0 Å². The summed E-state index contributed by atoms with van der Waals surface area (Å²) in [5, 5.41) is 2.94. The molecule has 0 radical (unpaired) electrons. The number of carbonyl (C=O) groups excluding carboxylic acids is 2. The van der Waals surface area contributed by atoms with Crippen LogP contribution in [-0.4, -0.2) is 25.0 Å². The van der Waals surface area contributed by atoms with E-state index in [9.17, 15) is 9.59 Å². The number of hydrogen-bond donors (Lipinski definition) is 1. The molecule has 4 nitrogen and oxygen atoms in total. The maximum Gasteiger partial charge on any atom is 0.306 e. The van der Waals surface area contributed by atoms with Gasteiger partial charge < -0.3 is 10.1 Å². The smallest absolute Gasteiger partial charge is 0.306 e. The Bertz CT molecular complexity index is 261. The number of methoxy groups -OCH3 is 1. The second-order valence-corrected chi connectivity index (χ2v) is 5.17. The van der Waals surface area contributed by atoms with Crippen molar-refractivity contribution in [2.24, 2.45) is 17.8 Å². The molecule has 0 aromatic heterocycles. The van der Waals surface area contributed by atoms with Crippen molar-refractivity contribution in [1.29, 1.82) is 0 Å². The Morgan fingerprint density at radius 3 is 1.94 bits per heavy atom. The summed E-state index contributed by atoms with van der Waals surface area (Å²) in [6.07, 6.45) is 0.144. The van der Waals surface area contributed by atoms with E-state index in [2.05, 4.69) is 23.9 Å². The number of amides is 1. The molecule has 0 saturated heterocycles. The summed E-state index contributed by atoms with van der Waals surface area (Å²) in [6, 6.07) is 0.112. The molecule has 4 heteroatoms. The van der Waals surface area contributed by atoms with Crippen LogP contribution in [0.2, 0.25) is 0 Å². The summed E-state index contributed by atoms with van der Waals surface area (Å²) >= 11 is 0. The lowest BCUT2D eigenvalue weighted by Gasteiger charge is -2.24. The van der Waals surface area contributed by atoms with Gasteiger partial charge in [-0.3, -0.25) is 9.59 Å². The van der Waals surface area contributed by atoms with Crippen molar-refractivity contribution >= 4 is 11.9 Å². The fourth-order valence-corrected chi connectivity index (χ4v) is 1.39. The first-order valence-corrected chi connectivity index (χ1v) is 6.16. The molecule has 2 atom stereocenters. The SMILES string of the molecule is COC(=O)C[C@H](C(=O)N[C@@H](C)C(C)C)C(C)C. The molecule has 100 valence electrons. The van der Waals surface area contributed by atoms with Crippen LogP contribution in [0.5, 0.6) is 0 Å². The van der Waals surface area contributed by atoms with Crippen LogP contribution >= 0.6 is 0 Å². The molecule has 0 aliphatic heterocycles. The second kappa shape index (κ2) is 7.30. The Balaban J connectivity index is 4.50. The zero-order valence-electron chi connectivity index (χ0n) is 11.7. The van der Waals surface area contributed by atoms with Crippen molar-refractivity contribution < 1.29 is 14.3 Å². The Labute approximate surface area is 104 Å². The average molecular weight is 243 g/mol. The molecular formula is C13H25NO3. The molecule has 0 fully saturated rings. The average Bonchev–Trinajstić information content (AvgIpc) is 2.24. The summed E-state index contributed by atoms with van der Waals surface area (Å²) in [5.41, 5.74) is 0. The van der Waals surface area contributed by atoms with E-state index in [1.807, 2.05) is 20.8 Å². The molecule has 0 spiro atoms. The lowest BCUT2D eigenvalue weighted by atomic mass is 9.91. The molecule has 0 unspecified atom stereocenters. The van der Waals surface area contributed by atoms with Crippen LogP contribution in [-0.2, 0) is 14.3 Å². The van der Waals surface area contributed by atoms with E-state index < -0.39 is 0 Å². The lowest BCUT2D eigenvalue weighted by Crippen LogP contribution is -2.42. The quantitative estimate of drug-likeness (QED) is 0.726. The summed E-state index contributed by atoms with van der Waals surface area (Å²) in [7, 11) is 1.34. The van der Waals surface area contributed by atoms with Gasteiger partial charge in [0, 0.05) is 6.04 Å². The molecular weight excluding hydrogens is 218 g/mol. The maximum absolute atomic E-state index is 12.0. The fourth-order valence-electron chi connectivity index (χ4n) is 1.39. The number of rotatable bonds is 6. The molecule has 0 aliphatic rings. The minimum atomic E-state index is -0.337. The largest absolute Gasteiger partial charge is 0.469 e. The molecule has 0 rings (SSSR count). The van der Waals surface area contributed by atoms with E-state index in [4.69, 9.17) is 0 Å². The molecule has 0 aliphatic carbocycles. The first-order chi connectivity index (χ1) is 7.79. The molecule has 1 N–H and O–H groups in total. The van der Waals surface area contributed by atoms with Crippen molar-refractivity contribution in [1.82, 2.24) is 5.32 Å². The molecule has 0 aromatic carbocycles. The number of ether oxygens (including phenoxy) is 1. The number of nitrogens with one attached hydrogen (secondary N) is 1. The van der Waals surface area contributed by atoms with Crippen LogP contribution in [0.3, 0.4) is 0 Å². The van der Waals surface area contributed by atoms with E-state index >= 15 is 0 Å². The zero-order chi connectivity index (χ0) is 13.6. The number of carbonyl (C=O) groups is 2. The van der Waals surface area contributed by atoms with Gasteiger partial charge in [0.05, 0.1) is 19.4 Å². The van der Waals surface area contributed by atoms with E-state index in [0.29, 0.717) is 5.92 Å². The van der Waals surface area contributed by atoms with Crippen LogP contribution in [0.15, 0.2) is 0 Å². The lowest BCUT2D eigenvalue weighted by molar-refractivity contribution is -0.145. The Morgan fingerprint density at radius 1 is 1.06 bits per heavy atom. The monoisotopic (exact) mass is 243 g/mol. The third-order valence-corrected chi connectivity index (χ3v) is 3.13. The van der Waals surface area contributed by atoms with Gasteiger partial charge >= 0.3 is 5.97 Å². The van der Waals surface area contributed by atoms with Gasteiger partial charge in [0.25, 0.3) is 0 Å². The van der Waals surface area contributed by atoms with E-state index in [-0.39, 0.29) is 36.2 Å². The fraction of sp³-hybridized carbons (Fsp3) is 0.846. The third-order valence-electron chi connectivity index (χ3n) is 3.13. The van der Waals surface area contributed by atoms with Crippen molar-refractivity contribution in [3.63, 3.8) is 0 Å². The van der Waals surface area contributed by atoms with E-state index in [1.165, 1.54) is 7.11 Å². The van der Waals surface area contributed by atoms with Crippen LogP contribution in [0.4, 0.5) is 0 Å². The second-order valence-electron chi connectivity index (χ2n) is 5.17. The highest BCUT2D eigenvalue weighted by atomic mass is 16.5. The highest BCUT2D eigenvalue weighted by molar-refractivity contribution is 5.84. The summed E-state index contributed by atoms with van der Waals surface area (Å²) in [6.45, 7) is 9.95. The minimum Gasteiger partial charge on any atom is -0.469 e. The van der Waals surface area contributed by atoms with Gasteiger partial charge in [0.15, 0.2) is 0 Å². The van der Waals surface area contributed by atoms with Crippen LogP contribution in [0.1, 0.15) is 41.0 Å². The van der Waals surface area contributed by atoms with Crippen LogP contribution in [0.25, 0.3) is 0 Å². The number of esters is 1. The molecule has 0 heterocycles. The van der Waals surface area contributed by atoms with Crippen LogP contribution in [0, 0.1) is 17.8 Å². The van der Waals surface area contributed by atoms with Gasteiger partial charge in [0.2, 0.25) is 5.91 Å². The summed E-state index contributed by atoms with van der Waals surface area (Å²) in [5.74, 6) is -0.218. The normalized spacial score (nSPS) is 14.6. The predicted octanol–water partition coefficient (Wildman–Crippen LogP) is 1.98. The Morgan fingerprint density at radius 2 is 1.59 bits per heavy atom. The Kier molecular flexibility index (Phi) is 6.85. The van der Waals surface area contributed by atoms with Crippen molar-refractivity contribution in [2.45, 2.75) is 47.1 Å². The minimum absolute atomic E-state index is 0.0633. The summed E-state index contributed by atoms with van der Waals surface area (Å²) in [4.78, 5) is 23.3. The Hall–Kier alpha value is -1.06. The van der Waals surface area contributed by atoms with Gasteiger partial charge in [0.1, 0.15) is 0 Å².